The lowest BCUT2D eigenvalue weighted by Gasteiger charge is -2.35. The first kappa shape index (κ1) is 14.6. The third-order valence-electron chi connectivity index (χ3n) is 4.20. The third-order valence-corrected chi connectivity index (χ3v) is 4.20. The monoisotopic (exact) mass is 270 g/mol. The lowest BCUT2D eigenvalue weighted by molar-refractivity contribution is -0.132. The Morgan fingerprint density at radius 2 is 2.10 bits per heavy atom. The van der Waals surface area contributed by atoms with Crippen molar-refractivity contribution in [3.63, 3.8) is 0 Å². The van der Waals surface area contributed by atoms with Gasteiger partial charge in [0.05, 0.1) is 11.5 Å². The first-order valence-electron chi connectivity index (χ1n) is 7.27. The maximum absolute atomic E-state index is 12.2. The summed E-state index contributed by atoms with van der Waals surface area (Å²) >= 11 is 0. The van der Waals surface area contributed by atoms with Crippen LogP contribution in [-0.4, -0.2) is 23.9 Å². The minimum absolute atomic E-state index is 0.214. The van der Waals surface area contributed by atoms with Crippen molar-refractivity contribution in [3.05, 3.63) is 35.4 Å². The molecular weight excluding hydrogens is 248 g/mol. The summed E-state index contributed by atoms with van der Waals surface area (Å²) in [6.45, 7) is 5.49. The molecule has 1 aromatic rings. The van der Waals surface area contributed by atoms with Crippen LogP contribution in [0.4, 0.5) is 0 Å². The molecule has 0 spiro atoms. The van der Waals surface area contributed by atoms with E-state index in [2.05, 4.69) is 31.2 Å². The van der Waals surface area contributed by atoms with Gasteiger partial charge in [0.1, 0.15) is 0 Å². The average molecular weight is 270 g/mol. The van der Waals surface area contributed by atoms with E-state index in [1.165, 1.54) is 11.1 Å². The van der Waals surface area contributed by atoms with Gasteiger partial charge in [-0.25, -0.2) is 0 Å². The second-order valence-corrected chi connectivity index (χ2v) is 6.04. The molecule has 1 aliphatic rings. The number of piperidine rings is 1. The Labute approximate surface area is 121 Å². The van der Waals surface area contributed by atoms with Crippen LogP contribution in [-0.2, 0) is 11.2 Å². The third kappa shape index (κ3) is 3.60. The number of nitrogens with zero attached hydrogens (tertiary/aromatic N) is 2. The highest BCUT2D eigenvalue weighted by molar-refractivity contribution is 5.76. The molecule has 0 saturated carbocycles. The maximum atomic E-state index is 12.2. The fraction of sp³-hybridized carbons (Fsp3) is 0.529. The van der Waals surface area contributed by atoms with Crippen LogP contribution in [0.25, 0.3) is 0 Å². The summed E-state index contributed by atoms with van der Waals surface area (Å²) in [6, 6.07) is 10.7. The zero-order chi connectivity index (χ0) is 14.6. The Hall–Kier alpha value is -1.82. The molecule has 1 saturated heterocycles. The van der Waals surface area contributed by atoms with Crippen molar-refractivity contribution in [2.24, 2.45) is 5.41 Å². The molecule has 1 heterocycles. The number of hydrogen-bond acceptors (Lipinski definition) is 2. The van der Waals surface area contributed by atoms with E-state index >= 15 is 0 Å². The van der Waals surface area contributed by atoms with Gasteiger partial charge in [-0.05, 0) is 38.7 Å². The van der Waals surface area contributed by atoms with Gasteiger partial charge in [-0.15, -0.1) is 0 Å². The minimum atomic E-state index is -0.243. The van der Waals surface area contributed by atoms with Crippen LogP contribution in [0.1, 0.15) is 37.3 Å². The lowest BCUT2D eigenvalue weighted by Crippen LogP contribution is -2.41. The Kier molecular flexibility index (Phi) is 4.44. The number of rotatable bonds is 3. The number of carbonyl (C=O) groups is 1. The van der Waals surface area contributed by atoms with Gasteiger partial charge in [-0.2, -0.15) is 5.26 Å². The first-order valence-corrected chi connectivity index (χ1v) is 7.27. The molecule has 0 N–H and O–H groups in total. The van der Waals surface area contributed by atoms with Gasteiger partial charge in [-0.1, -0.05) is 29.8 Å². The van der Waals surface area contributed by atoms with Crippen molar-refractivity contribution in [2.45, 2.75) is 39.5 Å². The molecule has 20 heavy (non-hydrogen) atoms. The second-order valence-electron chi connectivity index (χ2n) is 6.04. The van der Waals surface area contributed by atoms with Crippen molar-refractivity contribution >= 4 is 5.91 Å². The first-order chi connectivity index (χ1) is 9.52. The molecule has 3 nitrogen and oxygen atoms in total. The molecule has 106 valence electrons. The molecule has 0 atom stereocenters. The summed E-state index contributed by atoms with van der Waals surface area (Å²) in [4.78, 5) is 14.1. The summed E-state index contributed by atoms with van der Waals surface area (Å²) in [5.74, 6) is 0.214. The number of amides is 1. The van der Waals surface area contributed by atoms with Crippen molar-refractivity contribution in [1.29, 1.82) is 5.26 Å². The summed E-state index contributed by atoms with van der Waals surface area (Å²) < 4.78 is 0. The molecule has 1 fully saturated rings. The van der Waals surface area contributed by atoms with Crippen LogP contribution in [0.5, 0.6) is 0 Å². The molecule has 0 aliphatic carbocycles. The molecule has 0 radical (unpaired) electrons. The molecule has 1 amide bonds. The van der Waals surface area contributed by atoms with E-state index in [-0.39, 0.29) is 11.3 Å². The van der Waals surface area contributed by atoms with Crippen LogP contribution >= 0.6 is 0 Å². The number of hydrogen-bond donors (Lipinski definition) is 0. The van der Waals surface area contributed by atoms with Gasteiger partial charge >= 0.3 is 0 Å². The van der Waals surface area contributed by atoms with E-state index in [1.807, 2.05) is 17.9 Å². The highest BCUT2D eigenvalue weighted by Gasteiger charge is 2.31. The normalized spacial score (nSPS) is 17.6. The average Bonchev–Trinajstić information content (AvgIpc) is 2.46. The molecule has 2 rings (SSSR count). The molecule has 0 bridgehead atoms. The summed E-state index contributed by atoms with van der Waals surface area (Å²) in [5.41, 5.74) is 2.21. The largest absolute Gasteiger partial charge is 0.343 e. The summed E-state index contributed by atoms with van der Waals surface area (Å²) in [5, 5.41) is 9.10. The Morgan fingerprint density at radius 1 is 1.40 bits per heavy atom. The topological polar surface area (TPSA) is 44.1 Å². The highest BCUT2D eigenvalue weighted by atomic mass is 16.2. The number of aryl methyl sites for hydroxylation is 2. The zero-order valence-electron chi connectivity index (χ0n) is 12.4. The minimum Gasteiger partial charge on any atom is -0.343 e. The van der Waals surface area contributed by atoms with E-state index in [0.717, 1.165) is 32.4 Å². The van der Waals surface area contributed by atoms with Gasteiger partial charge in [-0.3, -0.25) is 4.79 Å². The van der Waals surface area contributed by atoms with Gasteiger partial charge in [0.15, 0.2) is 0 Å². The van der Waals surface area contributed by atoms with Crippen LogP contribution in [0.3, 0.4) is 0 Å². The van der Waals surface area contributed by atoms with Crippen LogP contribution in [0, 0.1) is 23.7 Å². The standard InChI is InChI=1S/C17H22N2O/c1-14-4-3-5-15(12-14)6-7-16(20)19-10-8-17(2,13-18)9-11-19/h3-5,12H,6-11H2,1-2H3. The van der Waals surface area contributed by atoms with Gasteiger partial charge in [0.2, 0.25) is 5.91 Å². The van der Waals surface area contributed by atoms with Crippen molar-refractivity contribution in [3.8, 4) is 6.07 Å². The molecule has 0 unspecified atom stereocenters. The van der Waals surface area contributed by atoms with Crippen molar-refractivity contribution < 1.29 is 4.79 Å². The molecular formula is C17H22N2O. The van der Waals surface area contributed by atoms with Crippen LogP contribution in [0.2, 0.25) is 0 Å². The fourth-order valence-electron chi connectivity index (χ4n) is 2.64. The van der Waals surface area contributed by atoms with Gasteiger partial charge < -0.3 is 4.90 Å². The Balaban J connectivity index is 1.83. The quantitative estimate of drug-likeness (QED) is 0.847. The van der Waals surface area contributed by atoms with Gasteiger partial charge in [0, 0.05) is 19.5 Å². The highest BCUT2D eigenvalue weighted by Crippen LogP contribution is 2.30. The molecule has 3 heteroatoms. The van der Waals surface area contributed by atoms with E-state index in [0.29, 0.717) is 6.42 Å². The number of likely N-dealkylation sites (tertiary alicyclic amines) is 1. The Bertz CT molecular complexity index is 522. The maximum Gasteiger partial charge on any atom is 0.222 e. The van der Waals surface area contributed by atoms with E-state index in [1.54, 1.807) is 0 Å². The van der Waals surface area contributed by atoms with E-state index in [9.17, 15) is 4.79 Å². The van der Waals surface area contributed by atoms with Gasteiger partial charge in [0.25, 0.3) is 0 Å². The zero-order valence-corrected chi connectivity index (χ0v) is 12.4. The SMILES string of the molecule is Cc1cccc(CCC(=O)N2CCC(C)(C#N)CC2)c1. The lowest BCUT2D eigenvalue weighted by atomic mass is 9.82. The van der Waals surface area contributed by atoms with Crippen LogP contribution in [0.15, 0.2) is 24.3 Å². The van der Waals surface area contributed by atoms with Crippen molar-refractivity contribution in [2.75, 3.05) is 13.1 Å². The Morgan fingerprint density at radius 3 is 2.70 bits per heavy atom. The number of carbonyl (C=O) groups excluding carboxylic acids is 1. The van der Waals surface area contributed by atoms with Crippen molar-refractivity contribution in [1.82, 2.24) is 4.90 Å². The van der Waals surface area contributed by atoms with Crippen LogP contribution < -0.4 is 0 Å². The van der Waals surface area contributed by atoms with E-state index < -0.39 is 0 Å². The predicted molar refractivity (Wildman–Crippen MR) is 79.0 cm³/mol. The molecule has 1 aromatic carbocycles. The smallest absolute Gasteiger partial charge is 0.222 e. The number of benzene rings is 1. The van der Waals surface area contributed by atoms with E-state index in [4.69, 9.17) is 5.26 Å². The number of nitriles is 1. The predicted octanol–water partition coefficient (Wildman–Crippen LogP) is 3.08. The molecule has 0 aromatic heterocycles. The summed E-state index contributed by atoms with van der Waals surface area (Å²) in [6.07, 6.45) is 2.94. The second kappa shape index (κ2) is 6.09. The fourth-order valence-corrected chi connectivity index (χ4v) is 2.64. The summed E-state index contributed by atoms with van der Waals surface area (Å²) in [7, 11) is 0. The molecule has 1 aliphatic heterocycles.